The lowest BCUT2D eigenvalue weighted by molar-refractivity contribution is 0.0452. The second-order valence-corrected chi connectivity index (χ2v) is 8.46. The number of nitrogens with one attached hydrogen (secondary N) is 3. The van der Waals surface area contributed by atoms with Crippen LogP contribution in [-0.4, -0.2) is 53.5 Å². The Bertz CT molecular complexity index is 482. The molecule has 0 radical (unpaired) electrons. The SMILES string of the molecule is CCNC(=NCC(CC)(CC)NC(=O)OC(C)(C)C)NC1CCC(O)CC1.I. The molecule has 7 nitrogen and oxygen atoms in total. The van der Waals surface area contributed by atoms with E-state index in [0.717, 1.165) is 51.0 Å². The second kappa shape index (κ2) is 12.7. The molecule has 8 heteroatoms. The van der Waals surface area contributed by atoms with Crippen molar-refractivity contribution in [2.24, 2.45) is 4.99 Å². The highest BCUT2D eigenvalue weighted by Crippen LogP contribution is 2.19. The fourth-order valence-electron chi connectivity index (χ4n) is 3.17. The molecule has 0 saturated heterocycles. The average Bonchev–Trinajstić information content (AvgIpc) is 2.59. The Balaban J connectivity index is 0.00000729. The molecule has 0 aromatic carbocycles. The van der Waals surface area contributed by atoms with Gasteiger partial charge in [-0.2, -0.15) is 0 Å². The Morgan fingerprint density at radius 2 is 1.68 bits per heavy atom. The highest BCUT2D eigenvalue weighted by atomic mass is 127. The van der Waals surface area contributed by atoms with Crippen LogP contribution >= 0.6 is 24.0 Å². The van der Waals surface area contributed by atoms with Gasteiger partial charge in [0.2, 0.25) is 0 Å². The predicted octanol–water partition coefficient (Wildman–Crippen LogP) is 3.55. The van der Waals surface area contributed by atoms with E-state index in [1.54, 1.807) is 0 Å². The lowest BCUT2D eigenvalue weighted by Gasteiger charge is -2.33. The number of aliphatic hydroxyl groups is 1. The maximum atomic E-state index is 12.3. The lowest BCUT2D eigenvalue weighted by atomic mass is 9.93. The van der Waals surface area contributed by atoms with Crippen LogP contribution in [0.5, 0.6) is 0 Å². The van der Waals surface area contributed by atoms with E-state index in [4.69, 9.17) is 9.73 Å². The van der Waals surface area contributed by atoms with E-state index in [0.29, 0.717) is 12.6 Å². The molecule has 0 aliphatic heterocycles. The third-order valence-electron chi connectivity index (χ3n) is 5.04. The molecule has 0 heterocycles. The van der Waals surface area contributed by atoms with Gasteiger partial charge >= 0.3 is 6.09 Å². The first-order chi connectivity index (χ1) is 12.6. The normalized spacial score (nSPS) is 20.8. The quantitative estimate of drug-likeness (QED) is 0.238. The maximum absolute atomic E-state index is 12.3. The highest BCUT2D eigenvalue weighted by molar-refractivity contribution is 14.0. The van der Waals surface area contributed by atoms with Crippen molar-refractivity contribution in [1.82, 2.24) is 16.0 Å². The van der Waals surface area contributed by atoms with Crippen molar-refractivity contribution in [2.75, 3.05) is 13.1 Å². The lowest BCUT2D eigenvalue weighted by Crippen LogP contribution is -2.52. The summed E-state index contributed by atoms with van der Waals surface area (Å²) in [6.45, 7) is 13.0. The largest absolute Gasteiger partial charge is 0.444 e. The van der Waals surface area contributed by atoms with Crippen molar-refractivity contribution >= 4 is 36.0 Å². The van der Waals surface area contributed by atoms with Crippen LogP contribution in [0.15, 0.2) is 4.99 Å². The number of guanidine groups is 1. The van der Waals surface area contributed by atoms with Crippen LogP contribution in [0.2, 0.25) is 0 Å². The molecule has 0 spiro atoms. The van der Waals surface area contributed by atoms with E-state index in [1.165, 1.54) is 0 Å². The van der Waals surface area contributed by atoms with Crippen LogP contribution in [0.4, 0.5) is 4.79 Å². The molecule has 1 saturated carbocycles. The molecule has 0 unspecified atom stereocenters. The zero-order valence-electron chi connectivity index (χ0n) is 18.4. The molecule has 166 valence electrons. The van der Waals surface area contributed by atoms with Crippen LogP contribution in [-0.2, 0) is 4.74 Å². The van der Waals surface area contributed by atoms with Crippen LogP contribution < -0.4 is 16.0 Å². The number of ether oxygens (including phenoxy) is 1. The van der Waals surface area contributed by atoms with Crippen molar-refractivity contribution < 1.29 is 14.6 Å². The Labute approximate surface area is 187 Å². The average molecular weight is 512 g/mol. The van der Waals surface area contributed by atoms with Crippen LogP contribution in [0.25, 0.3) is 0 Å². The Morgan fingerprint density at radius 1 is 1.11 bits per heavy atom. The van der Waals surface area contributed by atoms with E-state index in [9.17, 15) is 9.90 Å². The highest BCUT2D eigenvalue weighted by Gasteiger charge is 2.30. The molecule has 1 aliphatic rings. The van der Waals surface area contributed by atoms with Crippen molar-refractivity contribution in [3.63, 3.8) is 0 Å². The first-order valence-corrected chi connectivity index (χ1v) is 10.4. The second-order valence-electron chi connectivity index (χ2n) is 8.46. The molecule has 1 aliphatic carbocycles. The number of hydrogen-bond acceptors (Lipinski definition) is 4. The van der Waals surface area contributed by atoms with Gasteiger partial charge in [0, 0.05) is 12.6 Å². The Hall–Kier alpha value is -0.770. The van der Waals surface area contributed by atoms with Gasteiger partial charge in [-0.05, 0) is 66.2 Å². The third-order valence-corrected chi connectivity index (χ3v) is 5.04. The molecule has 4 N–H and O–H groups in total. The number of hydrogen-bond donors (Lipinski definition) is 4. The summed E-state index contributed by atoms with van der Waals surface area (Å²) in [7, 11) is 0. The topological polar surface area (TPSA) is 95.0 Å². The minimum Gasteiger partial charge on any atom is -0.444 e. The number of amides is 1. The number of halogens is 1. The number of aliphatic imine (C=N–C) groups is 1. The molecular formula is C20H41IN4O3. The third kappa shape index (κ3) is 10.1. The smallest absolute Gasteiger partial charge is 0.408 e. The van der Waals surface area contributed by atoms with Gasteiger partial charge in [0.25, 0.3) is 0 Å². The number of carbonyl (C=O) groups excluding carboxylic acids is 1. The van der Waals surface area contributed by atoms with Crippen molar-refractivity contribution in [1.29, 1.82) is 0 Å². The van der Waals surface area contributed by atoms with Gasteiger partial charge in [0.1, 0.15) is 5.60 Å². The summed E-state index contributed by atoms with van der Waals surface area (Å²) in [5.41, 5.74) is -0.962. The van der Waals surface area contributed by atoms with Gasteiger partial charge in [-0.15, -0.1) is 24.0 Å². The van der Waals surface area contributed by atoms with Gasteiger partial charge in [0.05, 0.1) is 18.2 Å². The van der Waals surface area contributed by atoms with Gasteiger partial charge in [-0.25, -0.2) is 4.79 Å². The van der Waals surface area contributed by atoms with Gasteiger partial charge in [-0.1, -0.05) is 13.8 Å². The molecule has 0 bridgehead atoms. The van der Waals surface area contributed by atoms with E-state index in [2.05, 4.69) is 29.8 Å². The van der Waals surface area contributed by atoms with Crippen LogP contribution in [0.1, 0.15) is 80.1 Å². The molecule has 0 atom stereocenters. The van der Waals surface area contributed by atoms with E-state index < -0.39 is 17.2 Å². The predicted molar refractivity (Wildman–Crippen MR) is 125 cm³/mol. The first-order valence-electron chi connectivity index (χ1n) is 10.4. The summed E-state index contributed by atoms with van der Waals surface area (Å²) < 4.78 is 5.43. The Kier molecular flexibility index (Phi) is 12.4. The molecule has 1 rings (SSSR count). The molecule has 1 fully saturated rings. The fraction of sp³-hybridized carbons (Fsp3) is 0.900. The summed E-state index contributed by atoms with van der Waals surface area (Å²) in [5, 5.41) is 19.5. The molecule has 0 aromatic rings. The fourth-order valence-corrected chi connectivity index (χ4v) is 3.17. The van der Waals surface area contributed by atoms with E-state index in [1.807, 2.05) is 27.7 Å². The molecule has 0 aromatic heterocycles. The summed E-state index contributed by atoms with van der Waals surface area (Å²) in [4.78, 5) is 17.0. The van der Waals surface area contributed by atoms with Gasteiger partial charge < -0.3 is 25.8 Å². The number of nitrogens with zero attached hydrogens (tertiary/aromatic N) is 1. The van der Waals surface area contributed by atoms with Gasteiger partial charge in [0.15, 0.2) is 5.96 Å². The summed E-state index contributed by atoms with van der Waals surface area (Å²) in [5.74, 6) is 0.760. The summed E-state index contributed by atoms with van der Waals surface area (Å²) in [6.07, 6.45) is 4.48. The van der Waals surface area contributed by atoms with Crippen molar-refractivity contribution in [2.45, 2.75) is 103 Å². The van der Waals surface area contributed by atoms with Crippen LogP contribution in [0.3, 0.4) is 0 Å². The molecular weight excluding hydrogens is 471 g/mol. The number of rotatable bonds is 7. The summed E-state index contributed by atoms with van der Waals surface area (Å²) >= 11 is 0. The monoisotopic (exact) mass is 512 g/mol. The number of aliphatic hydroxyl groups excluding tert-OH is 1. The van der Waals surface area contributed by atoms with Crippen LogP contribution in [0, 0.1) is 0 Å². The van der Waals surface area contributed by atoms with E-state index >= 15 is 0 Å². The zero-order valence-corrected chi connectivity index (χ0v) is 20.8. The zero-order chi connectivity index (χ0) is 20.5. The van der Waals surface area contributed by atoms with E-state index in [-0.39, 0.29) is 30.1 Å². The number of alkyl carbamates (subject to hydrolysis) is 1. The van der Waals surface area contributed by atoms with Crippen molar-refractivity contribution in [3.8, 4) is 0 Å². The first kappa shape index (κ1) is 27.2. The number of carbonyl (C=O) groups is 1. The van der Waals surface area contributed by atoms with Gasteiger partial charge in [-0.3, -0.25) is 4.99 Å². The van der Waals surface area contributed by atoms with Crippen molar-refractivity contribution in [3.05, 3.63) is 0 Å². The molecule has 28 heavy (non-hydrogen) atoms. The Morgan fingerprint density at radius 3 is 2.14 bits per heavy atom. The maximum Gasteiger partial charge on any atom is 0.408 e. The minimum atomic E-state index is -0.525. The minimum absolute atomic E-state index is 0. The standard InChI is InChI=1S/C20H40N4O3.HI/c1-7-20(8-2,24-18(26)27-19(4,5)6)14-22-17(21-9-3)23-15-10-12-16(25)13-11-15;/h15-16,25H,7-14H2,1-6H3,(H,24,26)(H2,21,22,23);1H. The molecule has 1 amide bonds. The summed E-state index contributed by atoms with van der Waals surface area (Å²) in [6, 6.07) is 0.322.